The fourth-order valence-corrected chi connectivity index (χ4v) is 3.24. The van der Waals surface area contributed by atoms with Crippen molar-refractivity contribution < 1.29 is 14.3 Å². The van der Waals surface area contributed by atoms with Gasteiger partial charge < -0.3 is 25.0 Å². The second kappa shape index (κ2) is 14.5. The van der Waals surface area contributed by atoms with Gasteiger partial charge in [-0.25, -0.2) is 4.98 Å². The molecule has 1 atom stereocenters. The van der Waals surface area contributed by atoms with Crippen LogP contribution in [0.15, 0.2) is 31.0 Å². The van der Waals surface area contributed by atoms with E-state index < -0.39 is 0 Å². The molecule has 0 aliphatic carbocycles. The molecule has 8 nitrogen and oxygen atoms in total. The van der Waals surface area contributed by atoms with Crippen LogP contribution in [0.4, 0.5) is 11.5 Å². The van der Waals surface area contributed by atoms with Crippen molar-refractivity contribution in [2.75, 3.05) is 56.2 Å². The minimum atomic E-state index is -0.0266. The Morgan fingerprint density at radius 2 is 2.26 bits per heavy atom. The third kappa shape index (κ3) is 9.06. The third-order valence-electron chi connectivity index (χ3n) is 4.88. The molecular weight excluding hydrogens is 394 g/mol. The third-order valence-corrected chi connectivity index (χ3v) is 4.88. The topological polar surface area (TPSA) is 88.6 Å². The van der Waals surface area contributed by atoms with Gasteiger partial charge in [-0.1, -0.05) is 31.6 Å². The van der Waals surface area contributed by atoms with Crippen LogP contribution in [0.1, 0.15) is 39.5 Å². The lowest BCUT2D eigenvalue weighted by Crippen LogP contribution is -2.31. The van der Waals surface area contributed by atoms with E-state index in [-0.39, 0.29) is 11.8 Å². The minimum absolute atomic E-state index is 0.0266. The van der Waals surface area contributed by atoms with Gasteiger partial charge in [0.15, 0.2) is 5.82 Å². The molecule has 1 aliphatic heterocycles. The van der Waals surface area contributed by atoms with Crippen molar-refractivity contribution in [1.82, 2.24) is 15.3 Å². The van der Waals surface area contributed by atoms with Gasteiger partial charge in [0.1, 0.15) is 5.69 Å². The Labute approximate surface area is 186 Å². The number of amides is 1. The first kappa shape index (κ1) is 24.8. The average Bonchev–Trinajstić information content (AvgIpc) is 2.91. The van der Waals surface area contributed by atoms with Gasteiger partial charge in [-0.2, -0.15) is 4.98 Å². The normalized spacial score (nSPS) is 14.8. The van der Waals surface area contributed by atoms with Gasteiger partial charge in [0.2, 0.25) is 5.91 Å². The lowest BCUT2D eigenvalue weighted by atomic mass is 10.0. The summed E-state index contributed by atoms with van der Waals surface area (Å²) in [5.74, 6) is 0.942. The Hall–Kier alpha value is -2.45. The lowest BCUT2D eigenvalue weighted by Gasteiger charge is -2.26. The van der Waals surface area contributed by atoms with Crippen LogP contribution in [0.3, 0.4) is 0 Å². The van der Waals surface area contributed by atoms with E-state index >= 15 is 0 Å². The molecule has 0 fully saturated rings. The zero-order valence-corrected chi connectivity index (χ0v) is 18.9. The van der Waals surface area contributed by atoms with Crippen LogP contribution >= 0.6 is 0 Å². The Bertz CT molecular complexity index is 710. The molecular formula is C23H37N5O3. The van der Waals surface area contributed by atoms with Gasteiger partial charge in [0.25, 0.3) is 0 Å². The van der Waals surface area contributed by atoms with Gasteiger partial charge in [-0.3, -0.25) is 4.79 Å². The van der Waals surface area contributed by atoms with Crippen LogP contribution in [0.2, 0.25) is 0 Å². The standard InChI is InChI=1S/C23H37N5O3/c1-4-7-15-31-23-25-17-20-22(27-23)28(14-11-21(29)26-20)18-19(9-5-2)10-8-12-24-13-16-30-6-3/h5,8,10,17,19,24H,2,4,6-7,9,11-16,18H2,1,3H3,(H,26,29)/b10-8+. The highest BCUT2D eigenvalue weighted by molar-refractivity contribution is 5.95. The number of allylic oxidation sites excluding steroid dienone is 1. The predicted molar refractivity (Wildman–Crippen MR) is 125 cm³/mol. The number of nitrogens with zero attached hydrogens (tertiary/aromatic N) is 3. The van der Waals surface area contributed by atoms with E-state index in [0.29, 0.717) is 43.7 Å². The zero-order valence-electron chi connectivity index (χ0n) is 18.9. The molecule has 0 saturated carbocycles. The molecule has 1 aromatic rings. The number of hydrogen-bond acceptors (Lipinski definition) is 7. The van der Waals surface area contributed by atoms with Gasteiger partial charge in [0.05, 0.1) is 19.4 Å². The van der Waals surface area contributed by atoms with Crippen LogP contribution < -0.4 is 20.3 Å². The molecule has 31 heavy (non-hydrogen) atoms. The number of fused-ring (bicyclic) bond motifs is 1. The predicted octanol–water partition coefficient (Wildman–Crippen LogP) is 3.18. The van der Waals surface area contributed by atoms with E-state index in [0.717, 1.165) is 45.5 Å². The molecule has 2 heterocycles. The second-order valence-electron chi connectivity index (χ2n) is 7.45. The van der Waals surface area contributed by atoms with Crippen LogP contribution in [-0.4, -0.2) is 61.9 Å². The van der Waals surface area contributed by atoms with E-state index in [4.69, 9.17) is 9.47 Å². The van der Waals surface area contributed by atoms with E-state index in [9.17, 15) is 4.79 Å². The molecule has 0 saturated heterocycles. The molecule has 1 amide bonds. The molecule has 1 aromatic heterocycles. The summed E-state index contributed by atoms with van der Waals surface area (Å²) in [7, 11) is 0. The Morgan fingerprint density at radius 3 is 3.03 bits per heavy atom. The summed E-state index contributed by atoms with van der Waals surface area (Å²) in [4.78, 5) is 23.2. The summed E-state index contributed by atoms with van der Waals surface area (Å²) in [5.41, 5.74) is 0.629. The smallest absolute Gasteiger partial charge is 0.318 e. The molecule has 0 radical (unpaired) electrons. The van der Waals surface area contributed by atoms with E-state index in [1.165, 1.54) is 0 Å². The first-order valence-electron chi connectivity index (χ1n) is 11.3. The number of ether oxygens (including phenoxy) is 2. The number of nitrogens with one attached hydrogen (secondary N) is 2. The summed E-state index contributed by atoms with van der Waals surface area (Å²) in [6.07, 6.45) is 11.2. The van der Waals surface area contributed by atoms with Crippen molar-refractivity contribution in [3.8, 4) is 6.01 Å². The van der Waals surface area contributed by atoms with Gasteiger partial charge >= 0.3 is 6.01 Å². The van der Waals surface area contributed by atoms with Crippen molar-refractivity contribution in [3.63, 3.8) is 0 Å². The van der Waals surface area contributed by atoms with Crippen molar-refractivity contribution in [1.29, 1.82) is 0 Å². The van der Waals surface area contributed by atoms with Crippen LogP contribution in [-0.2, 0) is 9.53 Å². The van der Waals surface area contributed by atoms with Gasteiger partial charge in [-0.15, -0.1) is 6.58 Å². The molecule has 8 heteroatoms. The van der Waals surface area contributed by atoms with Crippen LogP contribution in [0.5, 0.6) is 6.01 Å². The number of unbranched alkanes of at least 4 members (excludes halogenated alkanes) is 1. The van der Waals surface area contributed by atoms with Crippen molar-refractivity contribution in [2.24, 2.45) is 5.92 Å². The summed E-state index contributed by atoms with van der Waals surface area (Å²) < 4.78 is 11.0. The van der Waals surface area contributed by atoms with E-state index in [1.807, 2.05) is 13.0 Å². The molecule has 0 bridgehead atoms. The SMILES string of the molecule is C=CCC(/C=C/CNCCOCC)CN1CCC(=O)Nc2cnc(OCCCC)nc21. The first-order valence-corrected chi connectivity index (χ1v) is 11.3. The molecule has 1 aliphatic rings. The Balaban J connectivity index is 2.05. The van der Waals surface area contributed by atoms with Crippen molar-refractivity contribution in [2.45, 2.75) is 39.5 Å². The molecule has 172 valence electrons. The molecule has 0 aromatic carbocycles. The maximum absolute atomic E-state index is 12.1. The Morgan fingerprint density at radius 1 is 1.39 bits per heavy atom. The highest BCUT2D eigenvalue weighted by Gasteiger charge is 2.23. The average molecular weight is 432 g/mol. The summed E-state index contributed by atoms with van der Waals surface area (Å²) in [5, 5.41) is 6.25. The van der Waals surface area contributed by atoms with E-state index in [1.54, 1.807) is 6.20 Å². The number of hydrogen-bond donors (Lipinski definition) is 2. The second-order valence-corrected chi connectivity index (χ2v) is 7.45. The van der Waals surface area contributed by atoms with Crippen molar-refractivity contribution in [3.05, 3.63) is 31.0 Å². The largest absolute Gasteiger partial charge is 0.463 e. The summed E-state index contributed by atoms with van der Waals surface area (Å²) in [6, 6.07) is 0.350. The highest BCUT2D eigenvalue weighted by Crippen LogP contribution is 2.29. The zero-order chi connectivity index (χ0) is 22.3. The maximum atomic E-state index is 12.1. The number of carbonyl (C=O) groups excluding carboxylic acids is 1. The molecule has 0 spiro atoms. The van der Waals surface area contributed by atoms with E-state index in [2.05, 4.69) is 51.2 Å². The molecule has 1 unspecified atom stereocenters. The maximum Gasteiger partial charge on any atom is 0.318 e. The van der Waals surface area contributed by atoms with Gasteiger partial charge in [0, 0.05) is 39.2 Å². The van der Waals surface area contributed by atoms with Gasteiger partial charge in [-0.05, 0) is 25.7 Å². The quantitative estimate of drug-likeness (QED) is 0.326. The number of aromatic nitrogens is 2. The van der Waals surface area contributed by atoms with Crippen molar-refractivity contribution >= 4 is 17.4 Å². The molecule has 2 N–H and O–H groups in total. The summed E-state index contributed by atoms with van der Waals surface area (Å²) in [6.45, 7) is 13.0. The molecule has 2 rings (SSSR count). The number of rotatable bonds is 15. The monoisotopic (exact) mass is 431 g/mol. The number of anilines is 2. The van der Waals surface area contributed by atoms with Crippen LogP contribution in [0, 0.1) is 5.92 Å². The highest BCUT2D eigenvalue weighted by atomic mass is 16.5. The number of carbonyl (C=O) groups is 1. The minimum Gasteiger partial charge on any atom is -0.463 e. The van der Waals surface area contributed by atoms with Crippen LogP contribution in [0.25, 0.3) is 0 Å². The first-order chi connectivity index (χ1) is 15.2. The fraction of sp³-hybridized carbons (Fsp3) is 0.609. The fourth-order valence-electron chi connectivity index (χ4n) is 3.24. The lowest BCUT2D eigenvalue weighted by molar-refractivity contribution is -0.115. The Kier molecular flexibility index (Phi) is 11.6. The summed E-state index contributed by atoms with van der Waals surface area (Å²) >= 11 is 0.